The van der Waals surface area contributed by atoms with Gasteiger partial charge in [0.1, 0.15) is 11.5 Å². The highest BCUT2D eigenvalue weighted by atomic mass is 16.5. The molecule has 0 saturated heterocycles. The molecule has 0 bridgehead atoms. The van der Waals surface area contributed by atoms with E-state index in [-0.39, 0.29) is 12.6 Å². The number of carbonyl (C=O) groups excluding carboxylic acids is 1. The molecule has 3 aromatic carbocycles. The minimum atomic E-state index is -0.340. The molecule has 27 heavy (non-hydrogen) atoms. The quantitative estimate of drug-likeness (QED) is 0.580. The van der Waals surface area contributed by atoms with E-state index in [0.29, 0.717) is 23.5 Å². The van der Waals surface area contributed by atoms with Gasteiger partial charge in [-0.15, -0.1) is 0 Å². The van der Waals surface area contributed by atoms with Crippen molar-refractivity contribution in [2.24, 2.45) is 0 Å². The maximum absolute atomic E-state index is 12.2. The minimum Gasteiger partial charge on any atom is -0.457 e. The van der Waals surface area contributed by atoms with Crippen LogP contribution >= 0.6 is 0 Å². The number of amides is 2. The van der Waals surface area contributed by atoms with Crippen LogP contribution < -0.4 is 15.4 Å². The Balaban J connectivity index is 1.59. The summed E-state index contributed by atoms with van der Waals surface area (Å²) in [5.74, 6) is 1.46. The molecule has 3 aromatic rings. The van der Waals surface area contributed by atoms with Gasteiger partial charge in [0.25, 0.3) is 0 Å². The van der Waals surface area contributed by atoms with Crippen molar-refractivity contribution in [3.05, 3.63) is 83.9 Å². The van der Waals surface area contributed by atoms with Crippen LogP contribution in [-0.4, -0.2) is 17.7 Å². The van der Waals surface area contributed by atoms with E-state index in [4.69, 9.17) is 9.84 Å². The number of aryl methyl sites for hydroxylation is 1. The van der Waals surface area contributed by atoms with Crippen LogP contribution in [0, 0.1) is 6.92 Å². The molecule has 5 heteroatoms. The van der Waals surface area contributed by atoms with Gasteiger partial charge in [-0.05, 0) is 61.4 Å². The van der Waals surface area contributed by atoms with Crippen LogP contribution in [0.2, 0.25) is 0 Å². The summed E-state index contributed by atoms with van der Waals surface area (Å²) in [5, 5.41) is 14.7. The second-order valence-electron chi connectivity index (χ2n) is 6.15. The first-order valence-corrected chi connectivity index (χ1v) is 8.75. The predicted octanol–water partition coefficient (Wildman–Crippen LogP) is 4.97. The van der Waals surface area contributed by atoms with Crippen LogP contribution in [0.15, 0.2) is 72.8 Å². The van der Waals surface area contributed by atoms with Crippen molar-refractivity contribution in [2.45, 2.75) is 13.3 Å². The Bertz CT molecular complexity index is 890. The van der Waals surface area contributed by atoms with Crippen LogP contribution in [0.25, 0.3) is 0 Å². The van der Waals surface area contributed by atoms with Gasteiger partial charge < -0.3 is 20.5 Å². The standard InChI is InChI=1S/C22H22N2O3/c1-16-6-10-19(11-7-16)27-20-12-8-18(9-13-20)23-22(26)24-21-5-3-2-4-17(21)14-15-25/h2-13,25H,14-15H2,1H3,(H2,23,24,26). The first kappa shape index (κ1) is 18.5. The molecule has 0 aliphatic carbocycles. The molecule has 0 fully saturated rings. The fourth-order valence-electron chi connectivity index (χ4n) is 2.61. The Morgan fingerprint density at radius 2 is 1.52 bits per heavy atom. The summed E-state index contributed by atoms with van der Waals surface area (Å²) in [4.78, 5) is 12.2. The van der Waals surface area contributed by atoms with E-state index < -0.39 is 0 Å². The molecule has 0 heterocycles. The number of para-hydroxylation sites is 1. The third-order valence-electron chi connectivity index (χ3n) is 4.02. The molecule has 0 unspecified atom stereocenters. The van der Waals surface area contributed by atoms with E-state index in [1.165, 1.54) is 5.56 Å². The summed E-state index contributed by atoms with van der Waals surface area (Å²) in [7, 11) is 0. The first-order chi connectivity index (χ1) is 13.1. The first-order valence-electron chi connectivity index (χ1n) is 8.75. The van der Waals surface area contributed by atoms with E-state index in [0.717, 1.165) is 11.3 Å². The molecule has 3 N–H and O–H groups in total. The van der Waals surface area contributed by atoms with Crippen molar-refractivity contribution in [3.8, 4) is 11.5 Å². The Labute approximate surface area is 158 Å². The van der Waals surface area contributed by atoms with Gasteiger partial charge in [0.15, 0.2) is 0 Å². The lowest BCUT2D eigenvalue weighted by molar-refractivity contribution is 0.262. The van der Waals surface area contributed by atoms with Gasteiger partial charge in [0.05, 0.1) is 0 Å². The number of aliphatic hydroxyl groups is 1. The molecular weight excluding hydrogens is 340 g/mol. The fraction of sp³-hybridized carbons (Fsp3) is 0.136. The van der Waals surface area contributed by atoms with Crippen LogP contribution in [-0.2, 0) is 6.42 Å². The molecule has 0 atom stereocenters. The summed E-state index contributed by atoms with van der Waals surface area (Å²) in [6, 6.07) is 22.0. The summed E-state index contributed by atoms with van der Waals surface area (Å²) in [6.07, 6.45) is 0.488. The Kier molecular flexibility index (Phi) is 6.07. The summed E-state index contributed by atoms with van der Waals surface area (Å²) < 4.78 is 5.78. The zero-order valence-corrected chi connectivity index (χ0v) is 15.1. The number of benzene rings is 3. The van der Waals surface area contributed by atoms with E-state index in [1.807, 2.05) is 55.5 Å². The molecule has 0 radical (unpaired) electrons. The van der Waals surface area contributed by atoms with Crippen LogP contribution in [0.4, 0.5) is 16.2 Å². The van der Waals surface area contributed by atoms with Crippen LogP contribution in [0.5, 0.6) is 11.5 Å². The van der Waals surface area contributed by atoms with E-state index >= 15 is 0 Å². The molecule has 0 saturated carbocycles. The summed E-state index contributed by atoms with van der Waals surface area (Å²) in [5.41, 5.74) is 3.40. The normalized spacial score (nSPS) is 10.3. The number of rotatable bonds is 6. The number of aliphatic hydroxyl groups excluding tert-OH is 1. The number of nitrogens with one attached hydrogen (secondary N) is 2. The predicted molar refractivity (Wildman–Crippen MR) is 108 cm³/mol. The molecular formula is C22H22N2O3. The number of urea groups is 1. The van der Waals surface area contributed by atoms with Gasteiger partial charge in [-0.25, -0.2) is 4.79 Å². The topological polar surface area (TPSA) is 70.6 Å². The minimum absolute atomic E-state index is 0.0305. The third-order valence-corrected chi connectivity index (χ3v) is 4.02. The second kappa shape index (κ2) is 8.87. The molecule has 0 spiro atoms. The van der Waals surface area contributed by atoms with Crippen molar-refractivity contribution in [1.29, 1.82) is 0 Å². The van der Waals surface area contributed by atoms with Crippen molar-refractivity contribution in [3.63, 3.8) is 0 Å². The SMILES string of the molecule is Cc1ccc(Oc2ccc(NC(=O)Nc3ccccc3CCO)cc2)cc1. The molecule has 3 rings (SSSR count). The highest BCUT2D eigenvalue weighted by Gasteiger charge is 2.07. The van der Waals surface area contributed by atoms with E-state index in [9.17, 15) is 4.79 Å². The monoisotopic (exact) mass is 362 g/mol. The maximum Gasteiger partial charge on any atom is 0.323 e. The van der Waals surface area contributed by atoms with Crippen LogP contribution in [0.1, 0.15) is 11.1 Å². The lowest BCUT2D eigenvalue weighted by Gasteiger charge is -2.12. The number of anilines is 2. The lowest BCUT2D eigenvalue weighted by Crippen LogP contribution is -2.20. The summed E-state index contributed by atoms with van der Waals surface area (Å²) in [6.45, 7) is 2.06. The van der Waals surface area contributed by atoms with Crippen molar-refractivity contribution >= 4 is 17.4 Å². The average Bonchev–Trinajstić information content (AvgIpc) is 2.67. The van der Waals surface area contributed by atoms with Gasteiger partial charge in [0.2, 0.25) is 0 Å². The van der Waals surface area contributed by atoms with Crippen LogP contribution in [0.3, 0.4) is 0 Å². The fourth-order valence-corrected chi connectivity index (χ4v) is 2.61. The molecule has 5 nitrogen and oxygen atoms in total. The zero-order valence-electron chi connectivity index (χ0n) is 15.1. The average molecular weight is 362 g/mol. The number of carbonyl (C=O) groups is 1. The number of hydrogen-bond acceptors (Lipinski definition) is 3. The zero-order chi connectivity index (χ0) is 19.1. The van der Waals surface area contributed by atoms with Gasteiger partial charge in [-0.1, -0.05) is 35.9 Å². The van der Waals surface area contributed by atoms with Gasteiger partial charge in [-0.2, -0.15) is 0 Å². The van der Waals surface area contributed by atoms with Crippen molar-refractivity contribution in [2.75, 3.05) is 17.2 Å². The maximum atomic E-state index is 12.2. The number of hydrogen-bond donors (Lipinski definition) is 3. The molecule has 138 valence electrons. The van der Waals surface area contributed by atoms with Gasteiger partial charge in [0, 0.05) is 18.0 Å². The van der Waals surface area contributed by atoms with Crippen molar-refractivity contribution < 1.29 is 14.6 Å². The highest BCUT2D eigenvalue weighted by Crippen LogP contribution is 2.23. The van der Waals surface area contributed by atoms with Gasteiger partial charge >= 0.3 is 6.03 Å². The Hall–Kier alpha value is -3.31. The molecule has 0 aliphatic heterocycles. The smallest absolute Gasteiger partial charge is 0.323 e. The lowest BCUT2D eigenvalue weighted by atomic mass is 10.1. The molecule has 0 aliphatic rings. The molecule has 2 amide bonds. The third kappa shape index (κ3) is 5.33. The molecule has 0 aromatic heterocycles. The van der Waals surface area contributed by atoms with E-state index in [2.05, 4.69) is 10.6 Å². The largest absolute Gasteiger partial charge is 0.457 e. The van der Waals surface area contributed by atoms with Gasteiger partial charge in [-0.3, -0.25) is 0 Å². The number of ether oxygens (including phenoxy) is 1. The Morgan fingerprint density at radius 1 is 0.889 bits per heavy atom. The van der Waals surface area contributed by atoms with E-state index in [1.54, 1.807) is 24.3 Å². The second-order valence-corrected chi connectivity index (χ2v) is 6.15. The van der Waals surface area contributed by atoms with Crippen molar-refractivity contribution in [1.82, 2.24) is 0 Å². The highest BCUT2D eigenvalue weighted by molar-refractivity contribution is 6.00. The summed E-state index contributed by atoms with van der Waals surface area (Å²) >= 11 is 0. The Morgan fingerprint density at radius 3 is 2.19 bits per heavy atom.